The smallest absolute Gasteiger partial charge is 0.274 e. The number of aryl methyl sites for hydroxylation is 1. The molecule has 146 valence electrons. The van der Waals surface area contributed by atoms with Crippen molar-refractivity contribution in [3.63, 3.8) is 0 Å². The maximum atomic E-state index is 13.5. The predicted octanol–water partition coefficient (Wildman–Crippen LogP) is 4.17. The number of carbonyl (C=O) groups is 3. The highest BCUT2D eigenvalue weighted by Crippen LogP contribution is 2.47. The normalized spacial score (nSPS) is 18.8. The number of benzene rings is 3. The first-order valence-corrected chi connectivity index (χ1v) is 9.65. The Morgan fingerprint density at radius 1 is 0.833 bits per heavy atom. The van der Waals surface area contributed by atoms with Gasteiger partial charge in [-0.1, -0.05) is 89.6 Å². The molecule has 2 aliphatic rings. The molecule has 5 heteroatoms. The van der Waals surface area contributed by atoms with E-state index in [0.29, 0.717) is 22.3 Å². The van der Waals surface area contributed by atoms with Gasteiger partial charge in [-0.15, -0.1) is 0 Å². The Hall–Kier alpha value is -3.86. The topological polar surface area (TPSA) is 72.8 Å². The predicted molar refractivity (Wildman–Crippen MR) is 111 cm³/mol. The third-order valence-electron chi connectivity index (χ3n) is 5.74. The van der Waals surface area contributed by atoms with Gasteiger partial charge in [-0.3, -0.25) is 14.4 Å². The summed E-state index contributed by atoms with van der Waals surface area (Å²) in [5.41, 5.74) is 0.830. The van der Waals surface area contributed by atoms with Gasteiger partial charge >= 0.3 is 0 Å². The summed E-state index contributed by atoms with van der Waals surface area (Å²) in [6.07, 6.45) is 0. The zero-order valence-electron chi connectivity index (χ0n) is 16.2. The minimum Gasteiger partial charge on any atom is -0.371 e. The molecule has 1 aliphatic heterocycles. The van der Waals surface area contributed by atoms with E-state index < -0.39 is 23.1 Å². The number of nitrogens with zero attached hydrogens (tertiary/aromatic N) is 1. The molecule has 3 aromatic rings. The Morgan fingerprint density at radius 2 is 1.40 bits per heavy atom. The summed E-state index contributed by atoms with van der Waals surface area (Å²) >= 11 is 0. The van der Waals surface area contributed by atoms with Gasteiger partial charge in [0.25, 0.3) is 5.60 Å². The molecule has 1 aliphatic carbocycles. The van der Waals surface area contributed by atoms with E-state index in [9.17, 15) is 14.4 Å². The SMILES string of the molecule is Cc1ccc([C@H]2C(C(=O)c3ccccc3)=NOC23C(=O)c2ccccc2C3=O)cc1. The number of ketones is 3. The molecule has 5 nitrogen and oxygen atoms in total. The summed E-state index contributed by atoms with van der Waals surface area (Å²) in [6, 6.07) is 22.7. The lowest BCUT2D eigenvalue weighted by atomic mass is 9.74. The average molecular weight is 395 g/mol. The lowest BCUT2D eigenvalue weighted by Crippen LogP contribution is -2.48. The van der Waals surface area contributed by atoms with E-state index in [4.69, 9.17) is 4.84 Å². The molecule has 30 heavy (non-hydrogen) atoms. The third kappa shape index (κ3) is 2.42. The van der Waals surface area contributed by atoms with Gasteiger partial charge in [-0.05, 0) is 12.5 Å². The van der Waals surface area contributed by atoms with Crippen LogP contribution in [0.4, 0.5) is 0 Å². The highest BCUT2D eigenvalue weighted by molar-refractivity contribution is 6.51. The van der Waals surface area contributed by atoms with E-state index in [0.717, 1.165) is 5.56 Å². The van der Waals surface area contributed by atoms with Crippen LogP contribution in [0.2, 0.25) is 0 Å². The maximum absolute atomic E-state index is 13.5. The number of carbonyl (C=O) groups excluding carboxylic acids is 3. The van der Waals surface area contributed by atoms with Crippen molar-refractivity contribution in [1.29, 1.82) is 0 Å². The molecule has 0 N–H and O–H groups in total. The van der Waals surface area contributed by atoms with Crippen LogP contribution in [-0.4, -0.2) is 28.7 Å². The molecule has 0 bridgehead atoms. The van der Waals surface area contributed by atoms with Crippen molar-refractivity contribution in [1.82, 2.24) is 0 Å². The van der Waals surface area contributed by atoms with Crippen molar-refractivity contribution in [3.8, 4) is 0 Å². The zero-order chi connectivity index (χ0) is 20.9. The number of fused-ring (bicyclic) bond motifs is 1. The second-order valence-corrected chi connectivity index (χ2v) is 7.55. The molecule has 0 fully saturated rings. The molecule has 1 atom stereocenters. The standard InChI is InChI=1S/C25H17NO4/c1-15-11-13-16(14-12-15)20-21(22(27)17-7-3-2-4-8-17)26-30-25(20)23(28)18-9-5-6-10-19(18)24(25)29/h2-14,20H,1H3/t20-/m0/s1. The second kappa shape index (κ2) is 6.59. The number of Topliss-reactive ketones (excluding diaryl/α,β-unsaturated/α-hetero) is 3. The van der Waals surface area contributed by atoms with Gasteiger partial charge in [0.2, 0.25) is 17.3 Å². The first-order valence-electron chi connectivity index (χ1n) is 9.65. The van der Waals surface area contributed by atoms with Gasteiger partial charge in [0.15, 0.2) is 0 Å². The Bertz CT molecular complexity index is 1190. The maximum Gasteiger partial charge on any atom is 0.274 e. The molecule has 5 rings (SSSR count). The van der Waals surface area contributed by atoms with Crippen LogP contribution in [0.15, 0.2) is 84.0 Å². The van der Waals surface area contributed by atoms with Crippen molar-refractivity contribution in [2.75, 3.05) is 0 Å². The summed E-state index contributed by atoms with van der Waals surface area (Å²) in [5, 5.41) is 4.04. The minimum absolute atomic E-state index is 0.0551. The van der Waals surface area contributed by atoms with E-state index in [-0.39, 0.29) is 11.5 Å². The fraction of sp³-hybridized carbons (Fsp3) is 0.120. The first-order chi connectivity index (χ1) is 14.5. The van der Waals surface area contributed by atoms with E-state index in [2.05, 4.69) is 5.16 Å². The van der Waals surface area contributed by atoms with Gasteiger partial charge in [0.05, 0.1) is 5.92 Å². The second-order valence-electron chi connectivity index (χ2n) is 7.55. The lowest BCUT2D eigenvalue weighted by molar-refractivity contribution is 0.00129. The summed E-state index contributed by atoms with van der Waals surface area (Å²) < 4.78 is 0. The number of hydrogen-bond donors (Lipinski definition) is 0. The van der Waals surface area contributed by atoms with E-state index in [1.165, 1.54) is 0 Å². The van der Waals surface area contributed by atoms with Crippen LogP contribution in [-0.2, 0) is 4.84 Å². The van der Waals surface area contributed by atoms with Crippen molar-refractivity contribution in [2.24, 2.45) is 5.16 Å². The summed E-state index contributed by atoms with van der Waals surface area (Å²) in [7, 11) is 0. The Labute approximate surface area is 173 Å². The fourth-order valence-corrected chi connectivity index (χ4v) is 4.21. The van der Waals surface area contributed by atoms with Gasteiger partial charge < -0.3 is 4.84 Å². The summed E-state index contributed by atoms with van der Waals surface area (Å²) in [5.74, 6) is -2.23. The molecule has 0 unspecified atom stereocenters. The molecule has 0 aromatic heterocycles. The summed E-state index contributed by atoms with van der Waals surface area (Å²) in [4.78, 5) is 45.8. The van der Waals surface area contributed by atoms with Crippen molar-refractivity contribution in [3.05, 3.63) is 107 Å². The van der Waals surface area contributed by atoms with Crippen LogP contribution < -0.4 is 0 Å². The monoisotopic (exact) mass is 395 g/mol. The highest BCUT2D eigenvalue weighted by atomic mass is 16.7. The first kappa shape index (κ1) is 18.2. The Kier molecular flexibility index (Phi) is 4.00. The quantitative estimate of drug-likeness (QED) is 0.493. The molecule has 0 saturated heterocycles. The van der Waals surface area contributed by atoms with Crippen LogP contribution in [0.5, 0.6) is 0 Å². The minimum atomic E-state index is -1.89. The van der Waals surface area contributed by atoms with Crippen LogP contribution in [0.1, 0.15) is 48.1 Å². The van der Waals surface area contributed by atoms with Crippen molar-refractivity contribution < 1.29 is 19.2 Å². The van der Waals surface area contributed by atoms with Crippen molar-refractivity contribution >= 4 is 23.1 Å². The van der Waals surface area contributed by atoms with Crippen LogP contribution >= 0.6 is 0 Å². The van der Waals surface area contributed by atoms with Crippen LogP contribution in [0.3, 0.4) is 0 Å². The van der Waals surface area contributed by atoms with Crippen LogP contribution in [0.25, 0.3) is 0 Å². The Balaban J connectivity index is 1.68. The van der Waals surface area contributed by atoms with Gasteiger partial charge in [-0.2, -0.15) is 0 Å². The lowest BCUT2D eigenvalue weighted by Gasteiger charge is -2.26. The molecule has 0 saturated carbocycles. The van der Waals surface area contributed by atoms with E-state index >= 15 is 0 Å². The molecule has 1 spiro atoms. The average Bonchev–Trinajstić information content (AvgIpc) is 3.28. The van der Waals surface area contributed by atoms with E-state index in [1.54, 1.807) is 48.5 Å². The number of hydrogen-bond acceptors (Lipinski definition) is 5. The van der Waals surface area contributed by atoms with Gasteiger partial charge in [0.1, 0.15) is 5.71 Å². The van der Waals surface area contributed by atoms with Gasteiger partial charge in [0, 0.05) is 16.7 Å². The highest BCUT2D eigenvalue weighted by Gasteiger charge is 2.66. The Morgan fingerprint density at radius 3 is 2.00 bits per heavy atom. The van der Waals surface area contributed by atoms with Crippen LogP contribution in [0, 0.1) is 6.92 Å². The molecular weight excluding hydrogens is 378 g/mol. The number of oxime groups is 1. The number of rotatable bonds is 3. The molecule has 0 amide bonds. The van der Waals surface area contributed by atoms with Gasteiger partial charge in [-0.25, -0.2) is 0 Å². The largest absolute Gasteiger partial charge is 0.371 e. The third-order valence-corrected chi connectivity index (χ3v) is 5.74. The fourth-order valence-electron chi connectivity index (χ4n) is 4.21. The summed E-state index contributed by atoms with van der Waals surface area (Å²) in [6.45, 7) is 1.94. The van der Waals surface area contributed by atoms with Crippen molar-refractivity contribution in [2.45, 2.75) is 18.4 Å². The molecule has 1 heterocycles. The zero-order valence-corrected chi connectivity index (χ0v) is 16.2. The molecular formula is C25H17NO4. The molecule has 0 radical (unpaired) electrons. The van der Waals surface area contributed by atoms with E-state index in [1.807, 2.05) is 37.3 Å². The molecule has 3 aromatic carbocycles.